The van der Waals surface area contributed by atoms with E-state index in [1.165, 1.54) is 36.8 Å². The number of ether oxygens (including phenoxy) is 1. The van der Waals surface area contributed by atoms with Gasteiger partial charge in [0, 0.05) is 12.0 Å². The number of hydrogen-bond donors (Lipinski definition) is 1. The van der Waals surface area contributed by atoms with E-state index in [9.17, 15) is 0 Å². The zero-order chi connectivity index (χ0) is 11.7. The summed E-state index contributed by atoms with van der Waals surface area (Å²) in [5, 5.41) is 0. The maximum Gasteiger partial charge on any atom is 0.122 e. The summed E-state index contributed by atoms with van der Waals surface area (Å²) < 4.78 is 5.56. The van der Waals surface area contributed by atoms with Crippen LogP contribution in [0.25, 0.3) is 0 Å². The minimum absolute atomic E-state index is 0.0892. The first kappa shape index (κ1) is 11.1. The van der Waals surface area contributed by atoms with E-state index >= 15 is 0 Å². The van der Waals surface area contributed by atoms with Crippen LogP contribution in [0.3, 0.4) is 0 Å². The third-order valence-electron chi connectivity index (χ3n) is 4.26. The molecule has 1 aliphatic heterocycles. The second-order valence-electron chi connectivity index (χ2n) is 5.49. The summed E-state index contributed by atoms with van der Waals surface area (Å²) in [5.41, 5.74) is 9.21. The van der Waals surface area contributed by atoms with Crippen molar-refractivity contribution in [3.8, 4) is 5.75 Å². The molecule has 0 spiro atoms. The lowest BCUT2D eigenvalue weighted by molar-refractivity contribution is 0.356. The van der Waals surface area contributed by atoms with Gasteiger partial charge in [-0.1, -0.05) is 37.8 Å². The van der Waals surface area contributed by atoms with Gasteiger partial charge in [-0.25, -0.2) is 0 Å². The topological polar surface area (TPSA) is 35.2 Å². The minimum Gasteiger partial charge on any atom is -0.493 e. The Bertz CT molecular complexity index is 405. The van der Waals surface area contributed by atoms with E-state index in [-0.39, 0.29) is 5.54 Å². The van der Waals surface area contributed by atoms with Gasteiger partial charge < -0.3 is 10.5 Å². The van der Waals surface area contributed by atoms with Crippen molar-refractivity contribution in [2.75, 3.05) is 6.61 Å². The highest BCUT2D eigenvalue weighted by Crippen LogP contribution is 2.36. The van der Waals surface area contributed by atoms with Crippen LogP contribution in [-0.4, -0.2) is 6.61 Å². The maximum atomic E-state index is 6.63. The average Bonchev–Trinajstić information content (AvgIpc) is 2.70. The molecule has 2 N–H and O–H groups in total. The molecule has 1 heterocycles. The zero-order valence-electron chi connectivity index (χ0n) is 10.4. The normalized spacial score (nSPS) is 22.6. The van der Waals surface area contributed by atoms with Crippen LogP contribution in [0.1, 0.15) is 49.7 Å². The molecule has 0 saturated heterocycles. The summed E-state index contributed by atoms with van der Waals surface area (Å²) in [6.07, 6.45) is 8.52. The van der Waals surface area contributed by atoms with Gasteiger partial charge in [0.25, 0.3) is 0 Å². The molecule has 1 saturated carbocycles. The number of rotatable bonds is 1. The highest BCUT2D eigenvalue weighted by molar-refractivity contribution is 5.42. The molecule has 2 aliphatic rings. The van der Waals surface area contributed by atoms with Gasteiger partial charge in [0.15, 0.2) is 0 Å². The van der Waals surface area contributed by atoms with E-state index < -0.39 is 0 Å². The van der Waals surface area contributed by atoms with Gasteiger partial charge in [0.05, 0.1) is 6.61 Å². The lowest BCUT2D eigenvalue weighted by atomic mass is 9.83. The quantitative estimate of drug-likeness (QED) is 0.754. The molecule has 0 bridgehead atoms. The fourth-order valence-electron chi connectivity index (χ4n) is 3.14. The van der Waals surface area contributed by atoms with Gasteiger partial charge in [-0.2, -0.15) is 0 Å². The molecule has 2 nitrogen and oxygen atoms in total. The van der Waals surface area contributed by atoms with Crippen LogP contribution in [0.15, 0.2) is 18.2 Å². The summed E-state index contributed by atoms with van der Waals surface area (Å²) in [7, 11) is 0. The highest BCUT2D eigenvalue weighted by atomic mass is 16.5. The van der Waals surface area contributed by atoms with Crippen LogP contribution in [-0.2, 0) is 12.0 Å². The Hall–Kier alpha value is -1.02. The minimum atomic E-state index is -0.0892. The Balaban J connectivity index is 1.91. The lowest BCUT2D eigenvalue weighted by Crippen LogP contribution is -2.36. The van der Waals surface area contributed by atoms with Crippen molar-refractivity contribution in [3.63, 3.8) is 0 Å². The Kier molecular flexibility index (Phi) is 2.83. The molecule has 0 unspecified atom stereocenters. The van der Waals surface area contributed by atoms with Crippen LogP contribution in [0, 0.1) is 0 Å². The van der Waals surface area contributed by atoms with Gasteiger partial charge >= 0.3 is 0 Å². The van der Waals surface area contributed by atoms with Gasteiger partial charge in [0.1, 0.15) is 5.75 Å². The van der Waals surface area contributed by atoms with Crippen LogP contribution >= 0.6 is 0 Å². The fourth-order valence-corrected chi connectivity index (χ4v) is 3.14. The van der Waals surface area contributed by atoms with E-state index in [0.717, 1.165) is 31.6 Å². The van der Waals surface area contributed by atoms with Gasteiger partial charge in [0.2, 0.25) is 0 Å². The second kappa shape index (κ2) is 4.34. The molecule has 2 heteroatoms. The van der Waals surface area contributed by atoms with Gasteiger partial charge in [-0.3, -0.25) is 0 Å². The molecule has 0 atom stereocenters. The van der Waals surface area contributed by atoms with E-state index in [1.807, 2.05) is 0 Å². The molecule has 3 rings (SSSR count). The molecule has 1 aromatic rings. The molecule has 17 heavy (non-hydrogen) atoms. The van der Waals surface area contributed by atoms with Crippen molar-refractivity contribution in [1.82, 2.24) is 0 Å². The Morgan fingerprint density at radius 1 is 1.06 bits per heavy atom. The van der Waals surface area contributed by atoms with Crippen LogP contribution in [0.5, 0.6) is 5.75 Å². The number of fused-ring (bicyclic) bond motifs is 1. The fraction of sp³-hybridized carbons (Fsp3) is 0.600. The molecule has 0 amide bonds. The molecular formula is C15H21NO. The van der Waals surface area contributed by atoms with E-state index in [4.69, 9.17) is 10.5 Å². The van der Waals surface area contributed by atoms with E-state index in [1.54, 1.807) is 0 Å². The maximum absolute atomic E-state index is 6.63. The number of hydrogen-bond acceptors (Lipinski definition) is 2. The molecule has 1 aliphatic carbocycles. The first-order valence-electron chi connectivity index (χ1n) is 6.83. The highest BCUT2D eigenvalue weighted by Gasteiger charge is 2.29. The molecule has 0 radical (unpaired) electrons. The van der Waals surface area contributed by atoms with Crippen molar-refractivity contribution in [2.45, 2.75) is 50.5 Å². The number of nitrogens with two attached hydrogens (primary N) is 1. The molecule has 1 fully saturated rings. The zero-order valence-corrected chi connectivity index (χ0v) is 10.4. The molecule has 92 valence electrons. The van der Waals surface area contributed by atoms with Crippen molar-refractivity contribution in [2.24, 2.45) is 5.73 Å². The van der Waals surface area contributed by atoms with E-state index in [2.05, 4.69) is 18.2 Å². The van der Waals surface area contributed by atoms with Gasteiger partial charge in [-0.15, -0.1) is 0 Å². The standard InChI is InChI=1S/C15H21NO/c16-15(8-3-1-2-4-9-15)13-5-6-14-12(11-13)7-10-17-14/h5-6,11H,1-4,7-10,16H2. The molecule has 1 aromatic carbocycles. The molecular weight excluding hydrogens is 210 g/mol. The SMILES string of the molecule is NC1(c2ccc3c(c2)CCO3)CCCCCC1. The Morgan fingerprint density at radius 2 is 1.82 bits per heavy atom. The summed E-state index contributed by atoms with van der Waals surface area (Å²) in [4.78, 5) is 0. The smallest absolute Gasteiger partial charge is 0.122 e. The third-order valence-corrected chi connectivity index (χ3v) is 4.26. The first-order chi connectivity index (χ1) is 8.28. The summed E-state index contributed by atoms with van der Waals surface area (Å²) in [6.45, 7) is 0.830. The predicted molar refractivity (Wildman–Crippen MR) is 69.2 cm³/mol. The monoisotopic (exact) mass is 231 g/mol. The second-order valence-corrected chi connectivity index (χ2v) is 5.49. The Morgan fingerprint density at radius 3 is 2.59 bits per heavy atom. The van der Waals surface area contributed by atoms with Crippen LogP contribution in [0.4, 0.5) is 0 Å². The summed E-state index contributed by atoms with van der Waals surface area (Å²) in [6, 6.07) is 6.57. The van der Waals surface area contributed by atoms with Crippen molar-refractivity contribution in [1.29, 1.82) is 0 Å². The summed E-state index contributed by atoms with van der Waals surface area (Å²) >= 11 is 0. The van der Waals surface area contributed by atoms with E-state index in [0.29, 0.717) is 0 Å². The first-order valence-corrected chi connectivity index (χ1v) is 6.83. The third kappa shape index (κ3) is 2.06. The van der Waals surface area contributed by atoms with Crippen LogP contribution < -0.4 is 10.5 Å². The van der Waals surface area contributed by atoms with Gasteiger partial charge in [-0.05, 0) is 30.0 Å². The van der Waals surface area contributed by atoms with Crippen molar-refractivity contribution < 1.29 is 4.74 Å². The van der Waals surface area contributed by atoms with Crippen molar-refractivity contribution >= 4 is 0 Å². The van der Waals surface area contributed by atoms with Crippen LogP contribution in [0.2, 0.25) is 0 Å². The largest absolute Gasteiger partial charge is 0.493 e. The van der Waals surface area contributed by atoms with Crippen molar-refractivity contribution in [3.05, 3.63) is 29.3 Å². The molecule has 0 aromatic heterocycles. The number of benzene rings is 1. The Labute approximate surface area is 103 Å². The average molecular weight is 231 g/mol. The summed E-state index contributed by atoms with van der Waals surface area (Å²) in [5.74, 6) is 1.06. The lowest BCUT2D eigenvalue weighted by Gasteiger charge is -2.29. The predicted octanol–water partition coefficient (Wildman–Crippen LogP) is 3.13.